The number of nitrogens with zero attached hydrogens (tertiary/aromatic N) is 5. The highest BCUT2D eigenvalue weighted by molar-refractivity contribution is 5.85. The van der Waals surface area contributed by atoms with Crippen molar-refractivity contribution < 1.29 is 8.78 Å². The second-order valence-electron chi connectivity index (χ2n) is 9.81. The molecular weight excluding hydrogens is 448 g/mol. The second kappa shape index (κ2) is 8.14. The molecule has 0 atom stereocenters. The third kappa shape index (κ3) is 4.35. The van der Waals surface area contributed by atoms with Gasteiger partial charge >= 0.3 is 0 Å². The van der Waals surface area contributed by atoms with Crippen molar-refractivity contribution in [1.29, 1.82) is 0 Å². The van der Waals surface area contributed by atoms with Crippen LogP contribution in [0.25, 0.3) is 33.7 Å². The Labute approximate surface area is 196 Å². The highest BCUT2D eigenvalue weighted by atomic mass is 35.5. The van der Waals surface area contributed by atoms with Gasteiger partial charge in [0.05, 0.1) is 24.4 Å². The molecule has 7 nitrogen and oxygen atoms in total. The Hall–Kier alpha value is -2.91. The van der Waals surface area contributed by atoms with Gasteiger partial charge in [0.2, 0.25) is 0 Å². The third-order valence-electron chi connectivity index (χ3n) is 5.99. The Kier molecular flexibility index (Phi) is 5.74. The van der Waals surface area contributed by atoms with Gasteiger partial charge in [-0.25, -0.2) is 23.7 Å². The predicted octanol–water partition coefficient (Wildman–Crippen LogP) is 5.07. The summed E-state index contributed by atoms with van der Waals surface area (Å²) in [5.74, 6) is -1.15. The molecule has 0 radical (unpaired) electrons. The molecule has 0 unspecified atom stereocenters. The summed E-state index contributed by atoms with van der Waals surface area (Å²) in [6.45, 7) is 8.76. The maximum Gasteiger partial charge on any atom is 0.198 e. The summed E-state index contributed by atoms with van der Waals surface area (Å²) in [4.78, 5) is 13.5. The molecule has 4 heterocycles. The molecule has 1 aromatic carbocycles. The van der Waals surface area contributed by atoms with E-state index in [1.807, 2.05) is 0 Å². The number of H-pyrrole nitrogens is 1. The van der Waals surface area contributed by atoms with Gasteiger partial charge in [-0.15, -0.1) is 12.4 Å². The smallest absolute Gasteiger partial charge is 0.198 e. The lowest BCUT2D eigenvalue weighted by atomic mass is 9.79. The average Bonchev–Trinajstić information content (AvgIpc) is 3.36. The van der Waals surface area contributed by atoms with Gasteiger partial charge in [0.15, 0.2) is 11.3 Å². The number of aromatic amines is 1. The minimum Gasteiger partial charge on any atom is -0.311 e. The van der Waals surface area contributed by atoms with Crippen molar-refractivity contribution in [3.8, 4) is 22.4 Å². The first-order valence-electron chi connectivity index (χ1n) is 10.6. The van der Waals surface area contributed by atoms with Crippen LogP contribution < -0.4 is 5.32 Å². The van der Waals surface area contributed by atoms with Crippen LogP contribution >= 0.6 is 12.4 Å². The average molecular weight is 474 g/mol. The zero-order chi connectivity index (χ0) is 22.7. The molecular formula is C23H26ClF2N7. The zero-order valence-corrected chi connectivity index (χ0v) is 19.7. The fourth-order valence-electron chi connectivity index (χ4n) is 5.04. The fraction of sp³-hybridized carbons (Fsp3) is 0.391. The van der Waals surface area contributed by atoms with E-state index in [0.717, 1.165) is 25.0 Å². The molecule has 4 aromatic rings. The van der Waals surface area contributed by atoms with Gasteiger partial charge < -0.3 is 9.88 Å². The lowest BCUT2D eigenvalue weighted by molar-refractivity contribution is 0.134. The number of rotatable bonds is 3. The maximum absolute atomic E-state index is 14.9. The minimum absolute atomic E-state index is 0. The van der Waals surface area contributed by atoms with E-state index in [4.69, 9.17) is 0 Å². The molecule has 5 rings (SSSR count). The Morgan fingerprint density at radius 2 is 1.64 bits per heavy atom. The SMILES string of the molecule is CC1(C)CC(n2cnc3nc(-c4cc(F)c(-c5cn[nH]c5)cc4F)cnc32)CC(C)(C)N1.Cl. The Balaban J connectivity index is 0.00000259. The number of aromatic nitrogens is 6. The van der Waals surface area contributed by atoms with Crippen LogP contribution in [0.15, 0.2) is 37.1 Å². The van der Waals surface area contributed by atoms with Crippen molar-refractivity contribution in [3.05, 3.63) is 48.7 Å². The van der Waals surface area contributed by atoms with Crippen LogP contribution in [-0.4, -0.2) is 40.8 Å². The first-order valence-corrected chi connectivity index (χ1v) is 10.6. The first-order chi connectivity index (χ1) is 15.1. The van der Waals surface area contributed by atoms with Crippen molar-refractivity contribution in [1.82, 2.24) is 35.0 Å². The van der Waals surface area contributed by atoms with E-state index in [1.165, 1.54) is 18.6 Å². The van der Waals surface area contributed by atoms with E-state index < -0.39 is 11.6 Å². The number of piperidine rings is 1. The summed E-state index contributed by atoms with van der Waals surface area (Å²) in [6.07, 6.45) is 8.02. The largest absolute Gasteiger partial charge is 0.311 e. The lowest BCUT2D eigenvalue weighted by Gasteiger charge is -2.46. The predicted molar refractivity (Wildman–Crippen MR) is 125 cm³/mol. The maximum atomic E-state index is 14.9. The molecule has 0 aliphatic carbocycles. The summed E-state index contributed by atoms with van der Waals surface area (Å²) >= 11 is 0. The van der Waals surface area contributed by atoms with Crippen molar-refractivity contribution in [2.45, 2.75) is 57.7 Å². The molecule has 0 bridgehead atoms. The van der Waals surface area contributed by atoms with Crippen LogP contribution in [0.1, 0.15) is 46.6 Å². The summed E-state index contributed by atoms with van der Waals surface area (Å²) in [7, 11) is 0. The van der Waals surface area contributed by atoms with Gasteiger partial charge in [0, 0.05) is 40.0 Å². The first kappa shape index (κ1) is 23.3. The number of fused-ring (bicyclic) bond motifs is 1. The van der Waals surface area contributed by atoms with E-state index in [-0.39, 0.29) is 46.3 Å². The van der Waals surface area contributed by atoms with Crippen molar-refractivity contribution in [2.75, 3.05) is 0 Å². The van der Waals surface area contributed by atoms with Gasteiger partial charge in [-0.1, -0.05) is 0 Å². The molecule has 1 saturated heterocycles. The topological polar surface area (TPSA) is 84.3 Å². The van der Waals surface area contributed by atoms with Crippen molar-refractivity contribution in [3.63, 3.8) is 0 Å². The van der Waals surface area contributed by atoms with Gasteiger partial charge in [0.25, 0.3) is 0 Å². The molecule has 33 heavy (non-hydrogen) atoms. The molecule has 0 amide bonds. The number of hydrogen-bond donors (Lipinski definition) is 2. The van der Waals surface area contributed by atoms with Crippen LogP contribution in [0.4, 0.5) is 8.78 Å². The second-order valence-corrected chi connectivity index (χ2v) is 9.81. The molecule has 1 aliphatic heterocycles. The number of imidazole rings is 1. The van der Waals surface area contributed by atoms with E-state index in [0.29, 0.717) is 16.9 Å². The van der Waals surface area contributed by atoms with Gasteiger partial charge in [-0.2, -0.15) is 5.10 Å². The van der Waals surface area contributed by atoms with Gasteiger partial charge in [-0.3, -0.25) is 5.10 Å². The quantitative estimate of drug-likeness (QED) is 0.434. The van der Waals surface area contributed by atoms with Crippen LogP contribution in [0.3, 0.4) is 0 Å². The van der Waals surface area contributed by atoms with Crippen LogP contribution in [0.5, 0.6) is 0 Å². The molecule has 1 aliphatic rings. The Bertz CT molecular complexity index is 1280. The zero-order valence-electron chi connectivity index (χ0n) is 18.9. The number of hydrogen-bond acceptors (Lipinski definition) is 5. The fourth-order valence-corrected chi connectivity index (χ4v) is 5.04. The Morgan fingerprint density at radius 3 is 2.30 bits per heavy atom. The summed E-state index contributed by atoms with van der Waals surface area (Å²) < 4.78 is 31.6. The minimum atomic E-state index is -0.586. The van der Waals surface area contributed by atoms with Crippen LogP contribution in [-0.2, 0) is 0 Å². The van der Waals surface area contributed by atoms with Crippen LogP contribution in [0.2, 0.25) is 0 Å². The highest BCUT2D eigenvalue weighted by Gasteiger charge is 2.39. The van der Waals surface area contributed by atoms with E-state index in [1.54, 1.807) is 6.33 Å². The highest BCUT2D eigenvalue weighted by Crippen LogP contribution is 2.37. The molecule has 1 fully saturated rings. The summed E-state index contributed by atoms with van der Waals surface area (Å²) in [5.41, 5.74) is 1.88. The van der Waals surface area contributed by atoms with Crippen molar-refractivity contribution >= 4 is 23.7 Å². The van der Waals surface area contributed by atoms with E-state index in [2.05, 4.69) is 62.7 Å². The number of benzene rings is 1. The molecule has 10 heteroatoms. The Morgan fingerprint density at radius 1 is 0.970 bits per heavy atom. The number of halogens is 3. The standard InChI is InChI=1S/C23H25F2N7.ClH/c1-22(2)7-14(8-23(3,4)31-22)32-12-27-20-21(32)26-11-19(30-20)16-6-17(24)15(5-18(16)25)13-9-28-29-10-13;/h5-6,9-12,14,31H,7-8H2,1-4H3,(H,28,29);1H. The molecule has 2 N–H and O–H groups in total. The normalized spacial score (nSPS) is 17.8. The van der Waals surface area contributed by atoms with Crippen LogP contribution in [0, 0.1) is 11.6 Å². The molecule has 0 spiro atoms. The monoisotopic (exact) mass is 473 g/mol. The molecule has 0 saturated carbocycles. The van der Waals surface area contributed by atoms with Crippen molar-refractivity contribution in [2.24, 2.45) is 0 Å². The van der Waals surface area contributed by atoms with E-state index >= 15 is 0 Å². The lowest BCUT2D eigenvalue weighted by Crippen LogP contribution is -2.57. The van der Waals surface area contributed by atoms with Gasteiger partial charge in [-0.05, 0) is 52.7 Å². The molecule has 174 valence electrons. The van der Waals surface area contributed by atoms with Gasteiger partial charge in [0.1, 0.15) is 11.6 Å². The third-order valence-corrected chi connectivity index (χ3v) is 5.99. The van der Waals surface area contributed by atoms with E-state index in [9.17, 15) is 8.78 Å². The summed E-state index contributed by atoms with van der Waals surface area (Å²) in [6, 6.07) is 2.50. The summed E-state index contributed by atoms with van der Waals surface area (Å²) in [5, 5.41) is 10.1. The number of nitrogens with one attached hydrogen (secondary N) is 2. The molecule has 3 aromatic heterocycles.